The van der Waals surface area contributed by atoms with Crippen LogP contribution in [0.25, 0.3) is 11.1 Å². The molecule has 0 saturated heterocycles. The highest BCUT2D eigenvalue weighted by Crippen LogP contribution is 2.18. The number of aryl methyl sites for hydroxylation is 1. The summed E-state index contributed by atoms with van der Waals surface area (Å²) < 4.78 is 6.23. The highest BCUT2D eigenvalue weighted by atomic mass is 79.9. The molecule has 0 radical (unpaired) electrons. The van der Waals surface area contributed by atoms with E-state index < -0.39 is 0 Å². The van der Waals surface area contributed by atoms with Gasteiger partial charge in [0.15, 0.2) is 11.5 Å². The monoisotopic (exact) mass is 331 g/mol. The number of benzene rings is 1. The van der Waals surface area contributed by atoms with E-state index in [1.54, 1.807) is 37.4 Å². The summed E-state index contributed by atoms with van der Waals surface area (Å²) in [5.41, 5.74) is 1.84. The zero-order valence-electron chi connectivity index (χ0n) is 10.6. The predicted octanol–water partition coefficient (Wildman–Crippen LogP) is 3.55. The SMILES string of the molecule is Cc1nc2cc(C(=O)Nc3ccc(Br)cn3)ccc2o1. The van der Waals surface area contributed by atoms with Gasteiger partial charge in [0, 0.05) is 23.2 Å². The number of pyridine rings is 1. The van der Waals surface area contributed by atoms with E-state index in [4.69, 9.17) is 4.42 Å². The van der Waals surface area contributed by atoms with Crippen LogP contribution < -0.4 is 5.32 Å². The minimum absolute atomic E-state index is 0.234. The van der Waals surface area contributed by atoms with Crippen molar-refractivity contribution in [1.82, 2.24) is 9.97 Å². The molecule has 2 aromatic heterocycles. The molecule has 3 rings (SSSR count). The molecule has 1 N–H and O–H groups in total. The Bertz CT molecular complexity index is 781. The summed E-state index contributed by atoms with van der Waals surface area (Å²) in [6.45, 7) is 1.77. The van der Waals surface area contributed by atoms with E-state index in [-0.39, 0.29) is 5.91 Å². The van der Waals surface area contributed by atoms with Crippen LogP contribution in [0.1, 0.15) is 16.2 Å². The van der Waals surface area contributed by atoms with E-state index in [1.165, 1.54) is 0 Å². The van der Waals surface area contributed by atoms with E-state index in [2.05, 4.69) is 31.2 Å². The first-order chi connectivity index (χ1) is 9.61. The molecule has 0 saturated carbocycles. The second-order valence-corrected chi connectivity index (χ2v) is 5.15. The van der Waals surface area contributed by atoms with E-state index in [9.17, 15) is 4.79 Å². The molecule has 2 heterocycles. The number of aromatic nitrogens is 2. The summed E-state index contributed by atoms with van der Waals surface area (Å²) in [4.78, 5) is 20.4. The topological polar surface area (TPSA) is 68.0 Å². The van der Waals surface area contributed by atoms with Gasteiger partial charge in [0.25, 0.3) is 5.91 Å². The number of carbonyl (C=O) groups is 1. The van der Waals surface area contributed by atoms with Gasteiger partial charge < -0.3 is 9.73 Å². The summed E-state index contributed by atoms with van der Waals surface area (Å²) in [6, 6.07) is 8.66. The van der Waals surface area contributed by atoms with Gasteiger partial charge in [-0.1, -0.05) is 0 Å². The molecule has 20 heavy (non-hydrogen) atoms. The summed E-state index contributed by atoms with van der Waals surface area (Å²) in [6.07, 6.45) is 1.62. The average molecular weight is 332 g/mol. The van der Waals surface area contributed by atoms with Crippen molar-refractivity contribution in [2.24, 2.45) is 0 Å². The van der Waals surface area contributed by atoms with Gasteiger partial charge in [0.05, 0.1) is 0 Å². The summed E-state index contributed by atoms with van der Waals surface area (Å²) in [7, 11) is 0. The molecule has 3 aromatic rings. The van der Waals surface area contributed by atoms with Crippen LogP contribution in [0.4, 0.5) is 5.82 Å². The molecule has 0 spiro atoms. The number of amides is 1. The molecule has 5 nitrogen and oxygen atoms in total. The molecule has 100 valence electrons. The number of halogens is 1. The largest absolute Gasteiger partial charge is 0.441 e. The molecule has 0 aliphatic rings. The number of hydrogen-bond donors (Lipinski definition) is 1. The highest BCUT2D eigenvalue weighted by Gasteiger charge is 2.10. The van der Waals surface area contributed by atoms with Crippen molar-refractivity contribution in [2.75, 3.05) is 5.32 Å². The Morgan fingerprint density at radius 2 is 2.15 bits per heavy atom. The third-order valence-corrected chi connectivity index (χ3v) is 3.19. The van der Waals surface area contributed by atoms with Crippen LogP contribution in [0.3, 0.4) is 0 Å². The van der Waals surface area contributed by atoms with Gasteiger partial charge in [-0.15, -0.1) is 0 Å². The van der Waals surface area contributed by atoms with Crippen molar-refractivity contribution >= 4 is 38.8 Å². The number of rotatable bonds is 2. The van der Waals surface area contributed by atoms with Gasteiger partial charge in [-0.2, -0.15) is 0 Å². The molecule has 0 unspecified atom stereocenters. The first-order valence-corrected chi connectivity index (χ1v) is 6.71. The van der Waals surface area contributed by atoms with Crippen LogP contribution in [0.5, 0.6) is 0 Å². The minimum atomic E-state index is -0.234. The Hall–Kier alpha value is -2.21. The molecule has 0 aliphatic carbocycles. The number of anilines is 1. The van der Waals surface area contributed by atoms with Crippen molar-refractivity contribution < 1.29 is 9.21 Å². The summed E-state index contributed by atoms with van der Waals surface area (Å²) in [5, 5.41) is 2.73. The highest BCUT2D eigenvalue weighted by molar-refractivity contribution is 9.10. The first kappa shape index (κ1) is 12.8. The Kier molecular flexibility index (Phi) is 3.23. The lowest BCUT2D eigenvalue weighted by atomic mass is 10.2. The van der Waals surface area contributed by atoms with Crippen molar-refractivity contribution in [1.29, 1.82) is 0 Å². The van der Waals surface area contributed by atoms with Crippen LogP contribution in [-0.4, -0.2) is 15.9 Å². The third kappa shape index (κ3) is 2.55. The van der Waals surface area contributed by atoms with Crippen LogP contribution in [0, 0.1) is 6.92 Å². The number of hydrogen-bond acceptors (Lipinski definition) is 4. The Balaban J connectivity index is 1.86. The zero-order valence-corrected chi connectivity index (χ0v) is 12.1. The fourth-order valence-corrected chi connectivity index (χ4v) is 2.06. The molecular formula is C14H10BrN3O2. The number of carbonyl (C=O) groups excluding carboxylic acids is 1. The van der Waals surface area contributed by atoms with E-state index in [0.29, 0.717) is 28.4 Å². The lowest BCUT2D eigenvalue weighted by Gasteiger charge is -2.04. The van der Waals surface area contributed by atoms with Crippen molar-refractivity contribution in [3.8, 4) is 0 Å². The van der Waals surface area contributed by atoms with Gasteiger partial charge in [-0.05, 0) is 46.3 Å². The average Bonchev–Trinajstić information content (AvgIpc) is 2.80. The smallest absolute Gasteiger partial charge is 0.256 e. The Labute approximate surface area is 123 Å². The standard InChI is InChI=1S/C14H10BrN3O2/c1-8-17-11-6-9(2-4-12(11)20-8)14(19)18-13-5-3-10(15)7-16-13/h2-7H,1H3,(H,16,18,19). The second-order valence-electron chi connectivity index (χ2n) is 4.23. The summed E-state index contributed by atoms with van der Waals surface area (Å²) in [5.74, 6) is 0.837. The van der Waals surface area contributed by atoms with E-state index >= 15 is 0 Å². The maximum Gasteiger partial charge on any atom is 0.256 e. The van der Waals surface area contributed by atoms with Crippen molar-refractivity contribution in [3.05, 3.63) is 52.5 Å². The van der Waals surface area contributed by atoms with Gasteiger partial charge in [0.2, 0.25) is 0 Å². The number of nitrogens with one attached hydrogen (secondary N) is 1. The quantitative estimate of drug-likeness (QED) is 0.779. The molecule has 0 bridgehead atoms. The summed E-state index contributed by atoms with van der Waals surface area (Å²) >= 11 is 3.29. The third-order valence-electron chi connectivity index (χ3n) is 2.73. The predicted molar refractivity (Wildman–Crippen MR) is 78.6 cm³/mol. The van der Waals surface area contributed by atoms with E-state index in [0.717, 1.165) is 4.47 Å². The molecule has 0 atom stereocenters. The normalized spacial score (nSPS) is 10.7. The zero-order chi connectivity index (χ0) is 14.1. The molecule has 1 amide bonds. The number of nitrogens with zero attached hydrogens (tertiary/aromatic N) is 2. The van der Waals surface area contributed by atoms with E-state index in [1.807, 2.05) is 6.07 Å². The molecule has 1 aromatic carbocycles. The number of fused-ring (bicyclic) bond motifs is 1. The molecule has 0 aliphatic heterocycles. The number of oxazole rings is 1. The first-order valence-electron chi connectivity index (χ1n) is 5.92. The fourth-order valence-electron chi connectivity index (χ4n) is 1.82. The van der Waals surface area contributed by atoms with Gasteiger partial charge >= 0.3 is 0 Å². The Morgan fingerprint density at radius 3 is 2.90 bits per heavy atom. The van der Waals surface area contributed by atoms with Crippen LogP contribution >= 0.6 is 15.9 Å². The second kappa shape index (κ2) is 5.05. The maximum absolute atomic E-state index is 12.1. The van der Waals surface area contributed by atoms with Crippen LogP contribution in [0.2, 0.25) is 0 Å². The minimum Gasteiger partial charge on any atom is -0.441 e. The Morgan fingerprint density at radius 1 is 1.30 bits per heavy atom. The lowest BCUT2D eigenvalue weighted by Crippen LogP contribution is -2.12. The molecule has 6 heteroatoms. The van der Waals surface area contributed by atoms with Gasteiger partial charge in [-0.25, -0.2) is 9.97 Å². The van der Waals surface area contributed by atoms with Crippen molar-refractivity contribution in [2.45, 2.75) is 6.92 Å². The maximum atomic E-state index is 12.1. The van der Waals surface area contributed by atoms with Crippen molar-refractivity contribution in [3.63, 3.8) is 0 Å². The lowest BCUT2D eigenvalue weighted by molar-refractivity contribution is 0.102. The van der Waals surface area contributed by atoms with Crippen LogP contribution in [0.15, 0.2) is 45.4 Å². The van der Waals surface area contributed by atoms with Gasteiger partial charge in [-0.3, -0.25) is 4.79 Å². The van der Waals surface area contributed by atoms with Gasteiger partial charge in [0.1, 0.15) is 11.3 Å². The van der Waals surface area contributed by atoms with Crippen LogP contribution in [-0.2, 0) is 0 Å². The molecule has 0 fully saturated rings. The molecular weight excluding hydrogens is 322 g/mol. The fraction of sp³-hybridized carbons (Fsp3) is 0.0714.